The molecule has 0 amide bonds. The third-order valence-corrected chi connectivity index (χ3v) is 4.38. The minimum Gasteiger partial charge on any atom is -0.309 e. The van der Waals surface area contributed by atoms with Gasteiger partial charge in [0.2, 0.25) is 0 Å². The van der Waals surface area contributed by atoms with Crippen LogP contribution in [0.2, 0.25) is 0 Å². The van der Waals surface area contributed by atoms with Gasteiger partial charge in [0.15, 0.2) is 0 Å². The molecule has 2 heterocycles. The van der Waals surface area contributed by atoms with E-state index in [1.54, 1.807) is 18.2 Å². The molecule has 1 aromatic heterocycles. The van der Waals surface area contributed by atoms with Gasteiger partial charge in [-0.1, -0.05) is 12.1 Å². The van der Waals surface area contributed by atoms with E-state index < -0.39 is 12.7 Å². The van der Waals surface area contributed by atoms with Gasteiger partial charge in [0, 0.05) is 26.2 Å². The third-order valence-electron chi connectivity index (χ3n) is 4.38. The number of hydrogen-bond donors (Lipinski definition) is 1. The Labute approximate surface area is 137 Å². The summed E-state index contributed by atoms with van der Waals surface area (Å²) in [7, 11) is 0. The first-order chi connectivity index (χ1) is 11.3. The summed E-state index contributed by atoms with van der Waals surface area (Å²) < 4.78 is 37.3. The predicted molar refractivity (Wildman–Crippen MR) is 84.8 cm³/mol. The summed E-state index contributed by atoms with van der Waals surface area (Å²) in [6.07, 6.45) is -4.17. The number of H-pyrrole nitrogens is 1. The molecule has 1 fully saturated rings. The molecule has 0 bridgehead atoms. The van der Waals surface area contributed by atoms with Crippen LogP contribution in [-0.4, -0.2) is 58.7 Å². The normalized spacial score (nSPS) is 18.8. The summed E-state index contributed by atoms with van der Waals surface area (Å²) in [5, 5.41) is 0.531. The van der Waals surface area contributed by atoms with Gasteiger partial charge in [-0.25, -0.2) is 4.98 Å². The summed E-state index contributed by atoms with van der Waals surface area (Å²) in [6, 6.07) is 6.94. The molecule has 1 atom stereocenters. The van der Waals surface area contributed by atoms with Gasteiger partial charge < -0.3 is 4.98 Å². The predicted octanol–water partition coefficient (Wildman–Crippen LogP) is 2.16. The summed E-state index contributed by atoms with van der Waals surface area (Å²) in [4.78, 5) is 22.9. The van der Waals surface area contributed by atoms with E-state index in [0.29, 0.717) is 42.9 Å². The Hall–Kier alpha value is -1.93. The van der Waals surface area contributed by atoms with Crippen molar-refractivity contribution in [3.8, 4) is 0 Å². The lowest BCUT2D eigenvalue weighted by molar-refractivity contribution is -0.149. The van der Waals surface area contributed by atoms with Gasteiger partial charge in [0.05, 0.1) is 23.5 Å². The maximum absolute atomic E-state index is 12.4. The van der Waals surface area contributed by atoms with Crippen molar-refractivity contribution in [1.29, 1.82) is 0 Å². The highest BCUT2D eigenvalue weighted by atomic mass is 19.4. The summed E-state index contributed by atoms with van der Waals surface area (Å²) in [6.45, 7) is 2.75. The number of nitrogens with one attached hydrogen (secondary N) is 1. The Balaban J connectivity index is 1.72. The lowest BCUT2D eigenvalue weighted by Crippen LogP contribution is -2.49. The molecule has 24 heavy (non-hydrogen) atoms. The monoisotopic (exact) mass is 340 g/mol. The molecular weight excluding hydrogens is 321 g/mol. The van der Waals surface area contributed by atoms with E-state index in [9.17, 15) is 18.0 Å². The van der Waals surface area contributed by atoms with E-state index in [1.165, 1.54) is 4.90 Å². The molecule has 1 aliphatic rings. The molecule has 1 N–H and O–H groups in total. The molecule has 0 aliphatic carbocycles. The molecule has 8 heteroatoms. The molecule has 0 radical (unpaired) electrons. The Bertz CT molecular complexity index is 766. The van der Waals surface area contributed by atoms with Crippen molar-refractivity contribution in [1.82, 2.24) is 19.8 Å². The van der Waals surface area contributed by atoms with Crippen molar-refractivity contribution in [3.05, 3.63) is 40.4 Å². The van der Waals surface area contributed by atoms with Gasteiger partial charge in [-0.2, -0.15) is 13.2 Å². The number of piperazine rings is 1. The molecule has 5 nitrogen and oxygen atoms in total. The van der Waals surface area contributed by atoms with E-state index in [4.69, 9.17) is 0 Å². The van der Waals surface area contributed by atoms with Crippen LogP contribution in [0.15, 0.2) is 29.1 Å². The summed E-state index contributed by atoms with van der Waals surface area (Å²) in [5.41, 5.74) is 0.428. The average Bonchev–Trinajstić information content (AvgIpc) is 2.53. The first-order valence-corrected chi connectivity index (χ1v) is 7.85. The highest BCUT2D eigenvalue weighted by molar-refractivity contribution is 5.77. The maximum Gasteiger partial charge on any atom is 0.401 e. The number of alkyl halides is 3. The Morgan fingerprint density at radius 2 is 1.88 bits per heavy atom. The number of halogens is 3. The second-order valence-electron chi connectivity index (χ2n) is 6.07. The molecule has 130 valence electrons. The van der Waals surface area contributed by atoms with Gasteiger partial charge in [-0.3, -0.25) is 14.6 Å². The lowest BCUT2D eigenvalue weighted by Gasteiger charge is -2.37. The molecule has 2 aromatic rings. The Morgan fingerprint density at radius 1 is 1.21 bits per heavy atom. The number of benzene rings is 1. The molecule has 0 saturated carbocycles. The standard InChI is InChI=1S/C16H19F3N4O/c1-11(23-8-6-22(7-9-23)10-16(17,18)19)14-20-13-5-3-2-4-12(13)15(24)21-14/h2-5,11H,6-10H2,1H3,(H,20,21,24)/t11-/m1/s1. The Kier molecular flexibility index (Phi) is 4.60. The fourth-order valence-corrected chi connectivity index (χ4v) is 3.04. The zero-order chi connectivity index (χ0) is 17.3. The molecular formula is C16H19F3N4O. The quantitative estimate of drug-likeness (QED) is 0.930. The van der Waals surface area contributed by atoms with Crippen LogP contribution < -0.4 is 5.56 Å². The van der Waals surface area contributed by atoms with Gasteiger partial charge in [0.25, 0.3) is 5.56 Å². The van der Waals surface area contributed by atoms with Crippen LogP contribution in [-0.2, 0) is 0 Å². The van der Waals surface area contributed by atoms with Crippen LogP contribution in [0.5, 0.6) is 0 Å². The van der Waals surface area contributed by atoms with E-state index in [-0.39, 0.29) is 11.6 Å². The fraction of sp³-hybridized carbons (Fsp3) is 0.500. The van der Waals surface area contributed by atoms with Crippen molar-refractivity contribution in [2.75, 3.05) is 32.7 Å². The summed E-state index contributed by atoms with van der Waals surface area (Å²) in [5.74, 6) is 0.544. The van der Waals surface area contributed by atoms with Crippen LogP contribution in [0, 0.1) is 0 Å². The SMILES string of the molecule is C[C@H](c1nc2ccccc2c(=O)[nH]1)N1CCN(CC(F)(F)F)CC1. The molecule has 3 rings (SSSR count). The van der Waals surface area contributed by atoms with Crippen molar-refractivity contribution >= 4 is 10.9 Å². The minimum absolute atomic E-state index is 0.157. The molecule has 1 aromatic carbocycles. The van der Waals surface area contributed by atoms with Crippen molar-refractivity contribution in [2.45, 2.75) is 19.1 Å². The number of rotatable bonds is 3. The van der Waals surface area contributed by atoms with Crippen LogP contribution in [0.25, 0.3) is 10.9 Å². The topological polar surface area (TPSA) is 52.2 Å². The number of nitrogens with zero attached hydrogens (tertiary/aromatic N) is 3. The fourth-order valence-electron chi connectivity index (χ4n) is 3.04. The Morgan fingerprint density at radius 3 is 2.54 bits per heavy atom. The maximum atomic E-state index is 12.4. The van der Waals surface area contributed by atoms with Crippen molar-refractivity contribution in [2.24, 2.45) is 0 Å². The van der Waals surface area contributed by atoms with Gasteiger partial charge >= 0.3 is 6.18 Å². The zero-order valence-electron chi connectivity index (χ0n) is 13.3. The lowest BCUT2D eigenvalue weighted by atomic mass is 10.2. The van der Waals surface area contributed by atoms with Gasteiger partial charge in [-0.15, -0.1) is 0 Å². The first-order valence-electron chi connectivity index (χ1n) is 7.85. The number of hydrogen-bond acceptors (Lipinski definition) is 4. The van der Waals surface area contributed by atoms with Crippen LogP contribution in [0.4, 0.5) is 13.2 Å². The van der Waals surface area contributed by atoms with E-state index in [2.05, 4.69) is 9.97 Å². The second kappa shape index (κ2) is 6.52. The highest BCUT2D eigenvalue weighted by Gasteiger charge is 2.33. The first kappa shape index (κ1) is 16.9. The third kappa shape index (κ3) is 3.76. The van der Waals surface area contributed by atoms with Crippen molar-refractivity contribution < 1.29 is 13.2 Å². The average molecular weight is 340 g/mol. The largest absolute Gasteiger partial charge is 0.401 e. The van der Waals surface area contributed by atoms with Crippen LogP contribution in [0.1, 0.15) is 18.8 Å². The molecule has 0 spiro atoms. The van der Waals surface area contributed by atoms with Crippen LogP contribution >= 0.6 is 0 Å². The molecule has 1 saturated heterocycles. The smallest absolute Gasteiger partial charge is 0.309 e. The summed E-state index contributed by atoms with van der Waals surface area (Å²) >= 11 is 0. The number of aromatic nitrogens is 2. The van der Waals surface area contributed by atoms with E-state index in [1.807, 2.05) is 17.9 Å². The van der Waals surface area contributed by atoms with Gasteiger partial charge in [-0.05, 0) is 19.1 Å². The molecule has 0 unspecified atom stereocenters. The van der Waals surface area contributed by atoms with E-state index >= 15 is 0 Å². The number of para-hydroxylation sites is 1. The molecule has 1 aliphatic heterocycles. The minimum atomic E-state index is -4.17. The number of fused-ring (bicyclic) bond motifs is 1. The van der Waals surface area contributed by atoms with Crippen LogP contribution in [0.3, 0.4) is 0 Å². The number of aromatic amines is 1. The van der Waals surface area contributed by atoms with E-state index in [0.717, 1.165) is 0 Å². The van der Waals surface area contributed by atoms with Gasteiger partial charge in [0.1, 0.15) is 5.82 Å². The highest BCUT2D eigenvalue weighted by Crippen LogP contribution is 2.22. The second-order valence-corrected chi connectivity index (χ2v) is 6.07. The zero-order valence-corrected chi connectivity index (χ0v) is 13.3. The van der Waals surface area contributed by atoms with Crippen molar-refractivity contribution in [3.63, 3.8) is 0 Å².